The van der Waals surface area contributed by atoms with E-state index in [1.54, 1.807) is 23.1 Å². The lowest BCUT2D eigenvalue weighted by molar-refractivity contribution is 0.0736. The highest BCUT2D eigenvalue weighted by atomic mass is 35.5. The second kappa shape index (κ2) is 6.90. The third-order valence-corrected chi connectivity index (χ3v) is 5.03. The van der Waals surface area contributed by atoms with Crippen molar-refractivity contribution >= 4 is 28.5 Å². The molecule has 1 N–H and O–H groups in total. The summed E-state index contributed by atoms with van der Waals surface area (Å²) in [4.78, 5) is 14.4. The van der Waals surface area contributed by atoms with Crippen LogP contribution in [0.25, 0.3) is 11.0 Å². The van der Waals surface area contributed by atoms with Crippen molar-refractivity contribution in [3.05, 3.63) is 46.5 Å². The molecular formula is C19H19ClN2O5. The number of rotatable bonds is 4. The van der Waals surface area contributed by atoms with Crippen molar-refractivity contribution in [2.45, 2.75) is 19.4 Å². The number of aryl methyl sites for hydroxylation is 1. The van der Waals surface area contributed by atoms with Crippen molar-refractivity contribution < 1.29 is 23.6 Å². The minimum Gasteiger partial charge on any atom is -0.493 e. The van der Waals surface area contributed by atoms with Crippen LogP contribution in [0, 0.1) is 12.8 Å². The van der Waals surface area contributed by atoms with Gasteiger partial charge in [-0.3, -0.25) is 4.79 Å². The number of hydrogen-bond donors (Lipinski definition) is 1. The van der Waals surface area contributed by atoms with E-state index < -0.39 is 6.10 Å². The average molecular weight is 391 g/mol. The fourth-order valence-corrected chi connectivity index (χ4v) is 3.71. The monoisotopic (exact) mass is 390 g/mol. The van der Waals surface area contributed by atoms with Gasteiger partial charge in [0.1, 0.15) is 5.76 Å². The van der Waals surface area contributed by atoms with Gasteiger partial charge in [0.05, 0.1) is 18.9 Å². The molecule has 3 aromatic rings. The van der Waals surface area contributed by atoms with Crippen molar-refractivity contribution in [1.29, 1.82) is 0 Å². The number of hydrogen-bond acceptors (Lipinski definition) is 6. The van der Waals surface area contributed by atoms with Crippen molar-refractivity contribution in [3.63, 3.8) is 0 Å². The van der Waals surface area contributed by atoms with E-state index in [4.69, 9.17) is 25.3 Å². The Kier molecular flexibility index (Phi) is 4.57. The van der Waals surface area contributed by atoms with Crippen LogP contribution in [-0.2, 0) is 6.42 Å². The summed E-state index contributed by atoms with van der Waals surface area (Å²) >= 11 is 6.07. The quantitative estimate of drug-likeness (QED) is 0.736. The van der Waals surface area contributed by atoms with Crippen molar-refractivity contribution in [1.82, 2.24) is 10.1 Å². The van der Waals surface area contributed by atoms with Crippen LogP contribution in [0.15, 0.2) is 33.2 Å². The maximum Gasteiger partial charge on any atom is 0.289 e. The number of amides is 1. The largest absolute Gasteiger partial charge is 0.493 e. The molecule has 27 heavy (non-hydrogen) atoms. The van der Waals surface area contributed by atoms with Gasteiger partial charge in [0.25, 0.3) is 5.91 Å². The van der Waals surface area contributed by atoms with Crippen molar-refractivity contribution in [3.8, 4) is 5.75 Å². The smallest absolute Gasteiger partial charge is 0.289 e. The summed E-state index contributed by atoms with van der Waals surface area (Å²) in [5.41, 5.74) is 1.26. The van der Waals surface area contributed by atoms with Gasteiger partial charge in [0, 0.05) is 48.0 Å². The van der Waals surface area contributed by atoms with E-state index in [2.05, 4.69) is 5.16 Å². The predicted octanol–water partition coefficient (Wildman–Crippen LogP) is 3.07. The molecule has 1 aliphatic rings. The molecule has 142 valence electrons. The zero-order chi connectivity index (χ0) is 19.1. The Morgan fingerprint density at radius 1 is 1.37 bits per heavy atom. The van der Waals surface area contributed by atoms with Gasteiger partial charge in [-0.05, 0) is 19.1 Å². The summed E-state index contributed by atoms with van der Waals surface area (Å²) in [6.45, 7) is 2.50. The molecule has 7 nitrogen and oxygen atoms in total. The van der Waals surface area contributed by atoms with Crippen LogP contribution < -0.4 is 4.74 Å². The van der Waals surface area contributed by atoms with E-state index in [0.717, 1.165) is 5.69 Å². The molecule has 1 aromatic carbocycles. The number of carbonyl (C=O) groups is 1. The molecule has 2 atom stereocenters. The lowest BCUT2D eigenvalue weighted by Gasteiger charge is -2.13. The number of ether oxygens (including phenoxy) is 1. The third kappa shape index (κ3) is 3.40. The lowest BCUT2D eigenvalue weighted by Crippen LogP contribution is -2.29. The number of benzene rings is 1. The van der Waals surface area contributed by atoms with Gasteiger partial charge >= 0.3 is 0 Å². The molecule has 8 heteroatoms. The van der Waals surface area contributed by atoms with E-state index in [-0.39, 0.29) is 24.1 Å². The molecule has 0 unspecified atom stereocenters. The fourth-order valence-electron chi connectivity index (χ4n) is 3.49. The number of nitrogens with zero attached hydrogens (tertiary/aromatic N) is 2. The molecule has 0 spiro atoms. The van der Waals surface area contributed by atoms with E-state index in [0.29, 0.717) is 40.5 Å². The van der Waals surface area contributed by atoms with Crippen LogP contribution in [-0.4, -0.2) is 47.4 Å². The molecule has 1 saturated heterocycles. The first kappa shape index (κ1) is 17.9. The first-order chi connectivity index (χ1) is 12.9. The van der Waals surface area contributed by atoms with Crippen LogP contribution in [0.4, 0.5) is 0 Å². The highest BCUT2D eigenvalue weighted by molar-refractivity contribution is 6.31. The second-order valence-corrected chi connectivity index (χ2v) is 7.25. The van der Waals surface area contributed by atoms with Gasteiger partial charge in [-0.25, -0.2) is 0 Å². The number of aliphatic hydroxyl groups excluding tert-OH is 1. The van der Waals surface area contributed by atoms with Gasteiger partial charge in [-0.2, -0.15) is 0 Å². The molecule has 1 fully saturated rings. The zero-order valence-electron chi connectivity index (χ0n) is 14.9. The topological polar surface area (TPSA) is 88.9 Å². The van der Waals surface area contributed by atoms with Crippen LogP contribution in [0.3, 0.4) is 0 Å². The van der Waals surface area contributed by atoms with Crippen LogP contribution in [0.2, 0.25) is 5.02 Å². The maximum absolute atomic E-state index is 12.9. The molecular weight excluding hydrogens is 372 g/mol. The summed E-state index contributed by atoms with van der Waals surface area (Å²) in [6.07, 6.45) is -0.109. The Bertz CT molecular complexity index is 995. The molecule has 0 saturated carbocycles. The number of carbonyl (C=O) groups excluding carboxylic acids is 1. The van der Waals surface area contributed by atoms with E-state index in [1.807, 2.05) is 13.0 Å². The summed E-state index contributed by atoms with van der Waals surface area (Å²) < 4.78 is 16.2. The Morgan fingerprint density at radius 2 is 2.19 bits per heavy atom. The Labute approximate surface area is 160 Å². The molecule has 2 aromatic heterocycles. The van der Waals surface area contributed by atoms with Crippen molar-refractivity contribution in [2.24, 2.45) is 5.92 Å². The number of fused-ring (bicyclic) bond motifs is 1. The lowest BCUT2D eigenvalue weighted by atomic mass is 10.0. The van der Waals surface area contributed by atoms with Crippen LogP contribution in [0.1, 0.15) is 22.0 Å². The number of aliphatic hydroxyl groups is 1. The highest BCUT2D eigenvalue weighted by Crippen LogP contribution is 2.33. The average Bonchev–Trinajstić information content (AvgIpc) is 3.33. The first-order valence-electron chi connectivity index (χ1n) is 8.61. The number of methoxy groups -OCH3 is 1. The minimum absolute atomic E-state index is 0.116. The number of β-amino-alcohol motifs (C(OH)–C–C–N with tert-alkyl or cyclic N) is 1. The Balaban J connectivity index is 1.53. The van der Waals surface area contributed by atoms with Gasteiger partial charge in [0.15, 0.2) is 17.1 Å². The normalized spacial score (nSPS) is 19.8. The summed E-state index contributed by atoms with van der Waals surface area (Å²) in [7, 11) is 1.52. The standard InChI is InChI=1S/C19H19ClN2O5/c1-10-3-14(27-21-10)5-12-8-22(9-15(12)23)19(24)17-6-11-4-13(20)7-16(25-2)18(11)26-17/h3-4,6-7,12,15,23H,5,8-9H2,1-2H3/t12-,15+/m1/s1. The molecule has 3 heterocycles. The number of aromatic nitrogens is 1. The van der Waals surface area contributed by atoms with Gasteiger partial charge < -0.3 is 23.7 Å². The van der Waals surface area contributed by atoms with E-state index in [9.17, 15) is 9.90 Å². The van der Waals surface area contributed by atoms with E-state index >= 15 is 0 Å². The first-order valence-corrected chi connectivity index (χ1v) is 8.99. The SMILES string of the molecule is COc1cc(Cl)cc2cc(C(=O)N3C[C@@H](Cc4cc(C)no4)[C@@H](O)C3)oc12. The minimum atomic E-state index is -0.632. The fraction of sp³-hybridized carbons (Fsp3) is 0.368. The number of furan rings is 1. The zero-order valence-corrected chi connectivity index (χ0v) is 15.7. The summed E-state index contributed by atoms with van der Waals surface area (Å²) in [5, 5.41) is 15.4. The molecule has 1 aliphatic heterocycles. The predicted molar refractivity (Wildman–Crippen MR) is 98.1 cm³/mol. The number of halogens is 1. The number of likely N-dealkylation sites (tertiary alicyclic amines) is 1. The third-order valence-electron chi connectivity index (χ3n) is 4.81. The van der Waals surface area contributed by atoms with Gasteiger partial charge in [-0.1, -0.05) is 16.8 Å². The molecule has 0 bridgehead atoms. The Hall–Kier alpha value is -2.51. The van der Waals surface area contributed by atoms with Crippen molar-refractivity contribution in [2.75, 3.05) is 20.2 Å². The van der Waals surface area contributed by atoms with Gasteiger partial charge in [0.2, 0.25) is 0 Å². The van der Waals surface area contributed by atoms with Crippen LogP contribution >= 0.6 is 11.6 Å². The summed E-state index contributed by atoms with van der Waals surface area (Å²) in [6, 6.07) is 6.84. The molecule has 4 rings (SSSR count). The van der Waals surface area contributed by atoms with Gasteiger partial charge in [-0.15, -0.1) is 0 Å². The molecule has 0 aliphatic carbocycles. The maximum atomic E-state index is 12.9. The van der Waals surface area contributed by atoms with E-state index in [1.165, 1.54) is 7.11 Å². The summed E-state index contributed by atoms with van der Waals surface area (Å²) in [5.74, 6) is 0.966. The molecule has 0 radical (unpaired) electrons. The molecule has 1 amide bonds. The Morgan fingerprint density at radius 3 is 2.89 bits per heavy atom. The van der Waals surface area contributed by atoms with Crippen LogP contribution in [0.5, 0.6) is 5.75 Å². The second-order valence-electron chi connectivity index (χ2n) is 6.81. The highest BCUT2D eigenvalue weighted by Gasteiger charge is 2.36.